The average Bonchev–Trinajstić information content (AvgIpc) is 2.98. The minimum Gasteiger partial charge on any atom is -0.325 e. The quantitative estimate of drug-likeness (QED) is 0.481. The van der Waals surface area contributed by atoms with E-state index in [4.69, 9.17) is 5.14 Å². The van der Waals surface area contributed by atoms with E-state index in [9.17, 15) is 13.2 Å². The molecule has 3 aromatic rings. The summed E-state index contributed by atoms with van der Waals surface area (Å²) in [6.45, 7) is 4.55. The highest BCUT2D eigenvalue weighted by molar-refractivity contribution is 9.10. The van der Waals surface area contributed by atoms with Crippen LogP contribution < -0.4 is 10.5 Å². The van der Waals surface area contributed by atoms with Crippen molar-refractivity contribution in [2.24, 2.45) is 5.14 Å². The second kappa shape index (κ2) is 8.86. The molecule has 1 unspecified atom stereocenters. The van der Waals surface area contributed by atoms with Gasteiger partial charge in [-0.15, -0.1) is 0 Å². The second-order valence-electron chi connectivity index (χ2n) is 6.50. The van der Waals surface area contributed by atoms with Crippen LogP contribution in [0.25, 0.3) is 11.0 Å². The molecule has 2 aromatic carbocycles. The minimum absolute atomic E-state index is 0.0168. The van der Waals surface area contributed by atoms with Crippen LogP contribution in [0.3, 0.4) is 0 Å². The summed E-state index contributed by atoms with van der Waals surface area (Å²) in [5.41, 5.74) is 2.05. The number of primary sulfonamides is 1. The topological polar surface area (TPSA) is 107 Å². The van der Waals surface area contributed by atoms with Crippen molar-refractivity contribution in [3.63, 3.8) is 0 Å². The smallest absolute Gasteiger partial charge is 0.238 e. The Morgan fingerprint density at radius 3 is 2.72 bits per heavy atom. The number of rotatable bonds is 7. The van der Waals surface area contributed by atoms with E-state index in [1.54, 1.807) is 6.07 Å². The van der Waals surface area contributed by atoms with E-state index < -0.39 is 15.3 Å². The van der Waals surface area contributed by atoms with Crippen LogP contribution in [-0.2, 0) is 21.4 Å². The number of fused-ring (bicyclic) bond motifs is 1. The van der Waals surface area contributed by atoms with E-state index in [0.29, 0.717) is 22.9 Å². The fourth-order valence-corrected chi connectivity index (χ4v) is 4.70. The predicted molar refractivity (Wildman–Crippen MR) is 119 cm³/mol. The molecule has 0 fully saturated rings. The van der Waals surface area contributed by atoms with Gasteiger partial charge in [-0.25, -0.2) is 18.5 Å². The number of nitrogens with two attached hydrogens (primary N) is 1. The van der Waals surface area contributed by atoms with E-state index >= 15 is 0 Å². The molecule has 0 saturated heterocycles. The van der Waals surface area contributed by atoms with Crippen molar-refractivity contribution < 1.29 is 13.2 Å². The molecule has 0 aliphatic rings. The van der Waals surface area contributed by atoms with Crippen LogP contribution in [0.1, 0.15) is 20.3 Å². The van der Waals surface area contributed by atoms with Gasteiger partial charge < -0.3 is 9.88 Å². The number of hydrogen-bond donors (Lipinski definition) is 2. The molecule has 1 atom stereocenters. The number of sulfonamides is 1. The number of aryl methyl sites for hydroxylation is 1. The molecule has 0 spiro atoms. The second-order valence-corrected chi connectivity index (χ2v) is 10.3. The number of aromatic nitrogens is 2. The molecule has 29 heavy (non-hydrogen) atoms. The lowest BCUT2D eigenvalue weighted by Gasteiger charge is -2.13. The van der Waals surface area contributed by atoms with Gasteiger partial charge in [0.05, 0.1) is 21.2 Å². The molecule has 3 N–H and O–H groups in total. The number of halogens is 1. The Balaban J connectivity index is 1.87. The summed E-state index contributed by atoms with van der Waals surface area (Å²) in [7, 11) is -3.81. The maximum atomic E-state index is 12.6. The standard InChI is InChI=1S/C19H21BrN4O3S2/c1-3-9-24-17-8-7-15(29(21,26)27)11-16(17)23-19(24)28-12(2)18(25)22-14-6-4-5-13(20)10-14/h4-8,10-12H,3,9H2,1-2H3,(H,22,25)(H2,21,26,27). The van der Waals surface area contributed by atoms with Gasteiger partial charge in [-0.2, -0.15) is 0 Å². The third-order valence-corrected chi connectivity index (χ3v) is 6.70. The number of carbonyl (C=O) groups excluding carboxylic acids is 1. The molecule has 10 heteroatoms. The Labute approximate surface area is 182 Å². The summed E-state index contributed by atoms with van der Waals surface area (Å²) in [6.07, 6.45) is 0.870. The first kappa shape index (κ1) is 21.8. The van der Waals surface area contributed by atoms with Gasteiger partial charge in [-0.3, -0.25) is 4.79 Å². The van der Waals surface area contributed by atoms with E-state index in [2.05, 4.69) is 26.2 Å². The normalized spacial score (nSPS) is 12.8. The van der Waals surface area contributed by atoms with E-state index in [0.717, 1.165) is 16.4 Å². The van der Waals surface area contributed by atoms with E-state index in [1.165, 1.54) is 23.9 Å². The molecule has 1 amide bonds. The van der Waals surface area contributed by atoms with Crippen LogP contribution in [0, 0.1) is 0 Å². The van der Waals surface area contributed by atoms with Crippen LogP contribution in [0.4, 0.5) is 5.69 Å². The summed E-state index contributed by atoms with van der Waals surface area (Å²) in [4.78, 5) is 17.2. The summed E-state index contributed by atoms with van der Waals surface area (Å²) in [5.74, 6) is -0.145. The van der Waals surface area contributed by atoms with E-state index in [1.807, 2.05) is 42.7 Å². The lowest BCUT2D eigenvalue weighted by molar-refractivity contribution is -0.115. The SMILES string of the molecule is CCCn1c(SC(C)C(=O)Nc2cccc(Br)c2)nc2cc(S(N)(=O)=O)ccc21. The van der Waals surface area contributed by atoms with Gasteiger partial charge in [0.15, 0.2) is 5.16 Å². The number of hydrogen-bond acceptors (Lipinski definition) is 5. The molecular weight excluding hydrogens is 476 g/mol. The zero-order valence-electron chi connectivity index (χ0n) is 15.9. The lowest BCUT2D eigenvalue weighted by Crippen LogP contribution is -2.22. The predicted octanol–water partition coefficient (Wildman–Crippen LogP) is 3.98. The van der Waals surface area contributed by atoms with Crippen molar-refractivity contribution in [1.82, 2.24) is 9.55 Å². The molecule has 0 bridgehead atoms. The van der Waals surface area contributed by atoms with Crippen molar-refractivity contribution in [1.29, 1.82) is 0 Å². The maximum absolute atomic E-state index is 12.6. The maximum Gasteiger partial charge on any atom is 0.238 e. The molecule has 0 saturated carbocycles. The van der Waals surface area contributed by atoms with Gasteiger partial charge >= 0.3 is 0 Å². The van der Waals surface area contributed by atoms with Gasteiger partial charge in [0.1, 0.15) is 0 Å². The van der Waals surface area contributed by atoms with E-state index in [-0.39, 0.29) is 10.8 Å². The van der Waals surface area contributed by atoms with Gasteiger partial charge in [0.25, 0.3) is 0 Å². The highest BCUT2D eigenvalue weighted by atomic mass is 79.9. The molecule has 0 aliphatic heterocycles. The highest BCUT2D eigenvalue weighted by Crippen LogP contribution is 2.29. The largest absolute Gasteiger partial charge is 0.325 e. The zero-order valence-corrected chi connectivity index (χ0v) is 19.1. The Hall–Kier alpha value is -1.88. The molecule has 0 aliphatic carbocycles. The third-order valence-electron chi connectivity index (χ3n) is 4.20. The third kappa shape index (κ3) is 5.19. The minimum atomic E-state index is -3.81. The Morgan fingerprint density at radius 1 is 1.31 bits per heavy atom. The Kier molecular flexibility index (Phi) is 6.67. The molecule has 154 valence electrons. The molecule has 3 rings (SSSR count). The lowest BCUT2D eigenvalue weighted by atomic mass is 10.3. The first-order valence-corrected chi connectivity index (χ1v) is 12.2. The van der Waals surface area contributed by atoms with Crippen molar-refractivity contribution in [3.8, 4) is 0 Å². The summed E-state index contributed by atoms with van der Waals surface area (Å²) in [5, 5.41) is 8.38. The van der Waals surface area contributed by atoms with Crippen LogP contribution in [0.15, 0.2) is 57.0 Å². The number of thioether (sulfide) groups is 1. The summed E-state index contributed by atoms with van der Waals surface area (Å²) >= 11 is 4.72. The van der Waals surface area contributed by atoms with Crippen molar-refractivity contribution in [2.45, 2.75) is 42.1 Å². The monoisotopic (exact) mass is 496 g/mol. The first-order valence-electron chi connectivity index (χ1n) is 8.95. The number of nitrogens with one attached hydrogen (secondary N) is 1. The molecule has 7 nitrogen and oxygen atoms in total. The van der Waals surface area contributed by atoms with Crippen LogP contribution >= 0.6 is 27.7 Å². The van der Waals surface area contributed by atoms with Gasteiger partial charge in [-0.05, 0) is 49.7 Å². The number of carbonyl (C=O) groups is 1. The first-order chi connectivity index (χ1) is 13.7. The molecule has 1 aromatic heterocycles. The number of anilines is 1. The van der Waals surface area contributed by atoms with Crippen molar-refractivity contribution in [3.05, 3.63) is 46.9 Å². The zero-order chi connectivity index (χ0) is 21.2. The van der Waals surface area contributed by atoms with Crippen LogP contribution in [0.5, 0.6) is 0 Å². The molecular formula is C19H21BrN4O3S2. The Bertz CT molecular complexity index is 1160. The van der Waals surface area contributed by atoms with Gasteiger partial charge in [-0.1, -0.05) is 40.7 Å². The number of amides is 1. The Morgan fingerprint density at radius 2 is 2.07 bits per heavy atom. The molecule has 1 heterocycles. The average molecular weight is 497 g/mol. The van der Waals surface area contributed by atoms with Crippen LogP contribution in [-0.4, -0.2) is 29.1 Å². The number of nitrogens with zero attached hydrogens (tertiary/aromatic N) is 2. The summed E-state index contributed by atoms with van der Waals surface area (Å²) < 4.78 is 26.2. The van der Waals surface area contributed by atoms with Crippen molar-refractivity contribution in [2.75, 3.05) is 5.32 Å². The number of benzene rings is 2. The fourth-order valence-electron chi connectivity index (χ4n) is 2.82. The van der Waals surface area contributed by atoms with Crippen LogP contribution in [0.2, 0.25) is 0 Å². The van der Waals surface area contributed by atoms with Gasteiger partial charge in [0.2, 0.25) is 15.9 Å². The van der Waals surface area contributed by atoms with Gasteiger partial charge in [0, 0.05) is 16.7 Å². The fraction of sp³-hybridized carbons (Fsp3) is 0.263. The highest BCUT2D eigenvalue weighted by Gasteiger charge is 2.20. The molecule has 0 radical (unpaired) electrons. The van der Waals surface area contributed by atoms with Crippen molar-refractivity contribution >= 4 is 60.3 Å². The number of imidazole rings is 1. The summed E-state index contributed by atoms with van der Waals surface area (Å²) in [6, 6.07) is 12.0.